The van der Waals surface area contributed by atoms with Gasteiger partial charge in [0.25, 0.3) is 0 Å². The Labute approximate surface area is 115 Å². The van der Waals surface area contributed by atoms with Crippen LogP contribution in [-0.4, -0.2) is 21.1 Å². The number of aromatic nitrogens is 2. The van der Waals surface area contributed by atoms with Crippen LogP contribution < -0.4 is 5.73 Å². The van der Waals surface area contributed by atoms with Crippen molar-refractivity contribution >= 4 is 28.7 Å². The van der Waals surface area contributed by atoms with Crippen molar-refractivity contribution in [1.82, 2.24) is 9.55 Å². The first-order valence-corrected chi connectivity index (χ1v) is 7.40. The van der Waals surface area contributed by atoms with Gasteiger partial charge < -0.3 is 10.3 Å². The minimum atomic E-state index is -0.671. The summed E-state index contributed by atoms with van der Waals surface area (Å²) in [6.07, 6.45) is 0.881. The van der Waals surface area contributed by atoms with Gasteiger partial charge in [0, 0.05) is 18.2 Å². The lowest BCUT2D eigenvalue weighted by molar-refractivity contribution is 0.552. The number of nitrogen functional groups attached to an aromatic ring is 1. The first-order chi connectivity index (χ1) is 9.04. The number of hydrogen-bond donors (Lipinski definition) is 1. The number of anilines is 1. The Morgan fingerprint density at radius 2 is 2.16 bits per heavy atom. The molecule has 19 heavy (non-hydrogen) atoms. The van der Waals surface area contributed by atoms with E-state index < -0.39 is 11.6 Å². The van der Waals surface area contributed by atoms with Crippen LogP contribution in [-0.2, 0) is 0 Å². The van der Waals surface area contributed by atoms with Gasteiger partial charge in [-0.1, -0.05) is 6.92 Å². The first-order valence-electron chi connectivity index (χ1n) is 6.24. The minimum Gasteiger partial charge on any atom is -0.369 e. The highest BCUT2D eigenvalue weighted by Crippen LogP contribution is 2.27. The van der Waals surface area contributed by atoms with E-state index in [4.69, 9.17) is 5.73 Å². The predicted octanol–water partition coefficient (Wildman–Crippen LogP) is 3.60. The van der Waals surface area contributed by atoms with Crippen LogP contribution >= 0.6 is 11.8 Å². The molecule has 2 N–H and O–H groups in total. The fourth-order valence-electron chi connectivity index (χ4n) is 2.13. The normalized spacial score (nSPS) is 13.1. The number of halogens is 2. The van der Waals surface area contributed by atoms with E-state index in [0.717, 1.165) is 24.0 Å². The van der Waals surface area contributed by atoms with Gasteiger partial charge in [-0.25, -0.2) is 13.8 Å². The fourth-order valence-corrected chi connectivity index (χ4v) is 2.93. The molecule has 3 nitrogen and oxygen atoms in total. The van der Waals surface area contributed by atoms with Gasteiger partial charge in [-0.2, -0.15) is 11.8 Å². The highest BCUT2D eigenvalue weighted by Gasteiger charge is 2.17. The van der Waals surface area contributed by atoms with Gasteiger partial charge >= 0.3 is 0 Å². The van der Waals surface area contributed by atoms with Crippen LogP contribution in [0.5, 0.6) is 0 Å². The van der Waals surface area contributed by atoms with Crippen LogP contribution in [0.3, 0.4) is 0 Å². The average Bonchev–Trinajstić information content (AvgIpc) is 2.66. The van der Waals surface area contributed by atoms with Crippen molar-refractivity contribution in [3.63, 3.8) is 0 Å². The molecule has 0 aliphatic rings. The highest BCUT2D eigenvalue weighted by molar-refractivity contribution is 7.99. The van der Waals surface area contributed by atoms with Crippen molar-refractivity contribution in [2.75, 3.05) is 17.2 Å². The number of benzene rings is 1. The number of nitrogens with zero attached hydrogens (tertiary/aromatic N) is 2. The van der Waals surface area contributed by atoms with Gasteiger partial charge in [0.15, 0.2) is 5.82 Å². The second kappa shape index (κ2) is 5.77. The van der Waals surface area contributed by atoms with Gasteiger partial charge in [0.2, 0.25) is 5.95 Å². The van der Waals surface area contributed by atoms with Gasteiger partial charge in [0.1, 0.15) is 11.3 Å². The monoisotopic (exact) mass is 285 g/mol. The van der Waals surface area contributed by atoms with Crippen molar-refractivity contribution in [2.45, 2.75) is 26.3 Å². The number of thioether (sulfide) groups is 1. The molecule has 6 heteroatoms. The summed E-state index contributed by atoms with van der Waals surface area (Å²) in [5, 5.41) is 0. The minimum absolute atomic E-state index is 0.0604. The molecule has 1 heterocycles. The van der Waals surface area contributed by atoms with Gasteiger partial charge in [0.05, 0.1) is 5.52 Å². The smallest absolute Gasteiger partial charge is 0.201 e. The third-order valence-electron chi connectivity index (χ3n) is 3.07. The third kappa shape index (κ3) is 2.83. The fraction of sp³-hybridized carbons (Fsp3) is 0.462. The SMILES string of the molecule is CCSCCC(C)n1c(N)nc2c(F)cc(F)cc21. The second-order valence-corrected chi connectivity index (χ2v) is 5.82. The summed E-state index contributed by atoms with van der Waals surface area (Å²) in [7, 11) is 0. The van der Waals surface area contributed by atoms with E-state index in [1.807, 2.05) is 18.7 Å². The average molecular weight is 285 g/mol. The van der Waals surface area contributed by atoms with Crippen LogP contribution in [0.25, 0.3) is 11.0 Å². The lowest BCUT2D eigenvalue weighted by Crippen LogP contribution is -2.10. The molecule has 0 spiro atoms. The largest absolute Gasteiger partial charge is 0.369 e. The van der Waals surface area contributed by atoms with Crippen molar-refractivity contribution in [2.24, 2.45) is 0 Å². The predicted molar refractivity (Wildman–Crippen MR) is 76.4 cm³/mol. The molecular formula is C13H17F2N3S. The molecule has 1 unspecified atom stereocenters. The van der Waals surface area contributed by atoms with E-state index in [1.165, 1.54) is 6.07 Å². The van der Waals surface area contributed by atoms with Gasteiger partial charge in [-0.3, -0.25) is 0 Å². The van der Waals surface area contributed by atoms with Crippen LogP contribution in [0.4, 0.5) is 14.7 Å². The molecule has 0 fully saturated rings. The summed E-state index contributed by atoms with van der Waals surface area (Å²) in [6.45, 7) is 4.08. The Balaban J connectivity index is 2.39. The van der Waals surface area contributed by atoms with E-state index >= 15 is 0 Å². The maximum Gasteiger partial charge on any atom is 0.201 e. The molecule has 0 aliphatic carbocycles. The molecule has 0 aliphatic heterocycles. The van der Waals surface area contributed by atoms with Crippen LogP contribution in [0.2, 0.25) is 0 Å². The molecular weight excluding hydrogens is 268 g/mol. The Kier molecular flexibility index (Phi) is 4.29. The molecule has 0 saturated carbocycles. The number of hydrogen-bond acceptors (Lipinski definition) is 3. The molecule has 0 bridgehead atoms. The quantitative estimate of drug-likeness (QED) is 0.854. The van der Waals surface area contributed by atoms with E-state index in [-0.39, 0.29) is 17.5 Å². The van der Waals surface area contributed by atoms with Crippen molar-refractivity contribution in [3.8, 4) is 0 Å². The highest BCUT2D eigenvalue weighted by atomic mass is 32.2. The van der Waals surface area contributed by atoms with Crippen LogP contribution in [0.1, 0.15) is 26.3 Å². The Hall–Kier alpha value is -1.30. The summed E-state index contributed by atoms with van der Waals surface area (Å²) in [5.41, 5.74) is 6.39. The van der Waals surface area contributed by atoms with Gasteiger partial charge in [-0.05, 0) is 24.9 Å². The second-order valence-electron chi connectivity index (χ2n) is 4.43. The Morgan fingerprint density at radius 3 is 2.84 bits per heavy atom. The zero-order valence-corrected chi connectivity index (χ0v) is 11.8. The number of imidazole rings is 1. The number of rotatable bonds is 5. The van der Waals surface area contributed by atoms with Crippen molar-refractivity contribution in [1.29, 1.82) is 0 Å². The Morgan fingerprint density at radius 1 is 1.42 bits per heavy atom. The topological polar surface area (TPSA) is 43.8 Å². The van der Waals surface area contributed by atoms with E-state index in [2.05, 4.69) is 11.9 Å². The molecule has 2 aromatic rings. The molecule has 1 aromatic heterocycles. The number of fused-ring (bicyclic) bond motifs is 1. The number of nitrogens with two attached hydrogens (primary N) is 1. The zero-order chi connectivity index (χ0) is 14.0. The molecule has 2 rings (SSSR count). The molecule has 0 saturated heterocycles. The molecule has 0 radical (unpaired) electrons. The lowest BCUT2D eigenvalue weighted by atomic mass is 10.2. The molecule has 1 aromatic carbocycles. The summed E-state index contributed by atoms with van der Waals surface area (Å²) in [4.78, 5) is 4.00. The lowest BCUT2D eigenvalue weighted by Gasteiger charge is -2.15. The summed E-state index contributed by atoms with van der Waals surface area (Å²) >= 11 is 1.83. The molecule has 0 amide bonds. The van der Waals surface area contributed by atoms with Gasteiger partial charge in [-0.15, -0.1) is 0 Å². The van der Waals surface area contributed by atoms with Crippen molar-refractivity contribution in [3.05, 3.63) is 23.8 Å². The van der Waals surface area contributed by atoms with Crippen LogP contribution in [0, 0.1) is 11.6 Å². The molecule has 1 atom stereocenters. The molecule has 104 valence electrons. The van der Waals surface area contributed by atoms with E-state index in [0.29, 0.717) is 5.52 Å². The maximum absolute atomic E-state index is 13.6. The van der Waals surface area contributed by atoms with Crippen LogP contribution in [0.15, 0.2) is 12.1 Å². The standard InChI is InChI=1S/C13H17F2N3S/c1-3-19-5-4-8(2)18-11-7-9(14)6-10(15)12(11)17-13(18)16/h6-8H,3-5H2,1-2H3,(H2,16,17). The Bertz CT molecular complexity index is 583. The van der Waals surface area contributed by atoms with Crippen molar-refractivity contribution < 1.29 is 8.78 Å². The van der Waals surface area contributed by atoms with E-state index in [9.17, 15) is 8.78 Å². The van der Waals surface area contributed by atoms with E-state index in [1.54, 1.807) is 4.57 Å². The third-order valence-corrected chi connectivity index (χ3v) is 4.00. The summed E-state index contributed by atoms with van der Waals surface area (Å²) in [5.74, 6) is 0.982. The summed E-state index contributed by atoms with van der Waals surface area (Å²) in [6, 6.07) is 2.17. The first kappa shape index (κ1) is 14.1. The zero-order valence-electron chi connectivity index (χ0n) is 11.0. The maximum atomic E-state index is 13.6. The summed E-state index contributed by atoms with van der Waals surface area (Å²) < 4.78 is 28.7.